The average molecular weight is 1530 g/mol. The molecule has 0 atom stereocenters. The van der Waals surface area contributed by atoms with E-state index in [1.807, 2.05) is 24.3 Å². The van der Waals surface area contributed by atoms with Crippen LogP contribution in [0.4, 0.5) is 0 Å². The van der Waals surface area contributed by atoms with Crippen molar-refractivity contribution in [1.82, 2.24) is 29.9 Å². The molecule has 4 aromatic heterocycles. The molecule has 0 unspecified atom stereocenters. The summed E-state index contributed by atoms with van der Waals surface area (Å²) in [5, 5.41) is 11.9. The molecule has 0 amide bonds. The predicted molar refractivity (Wildman–Crippen MR) is 501 cm³/mol. The lowest BCUT2D eigenvalue weighted by Gasteiger charge is -2.14. The first-order valence-electron chi connectivity index (χ1n) is 40.7. The molecule has 0 aliphatic carbocycles. The van der Waals surface area contributed by atoms with Crippen LogP contribution >= 0.6 is 0 Å². The van der Waals surface area contributed by atoms with Gasteiger partial charge in [0.1, 0.15) is 0 Å². The summed E-state index contributed by atoms with van der Waals surface area (Å²) in [7, 11) is 0. The molecule has 0 saturated carbocycles. The molecule has 6 nitrogen and oxygen atoms in total. The second kappa shape index (κ2) is 31.6. The van der Waals surface area contributed by atoms with Crippen molar-refractivity contribution in [3.8, 4) is 157 Å². The maximum Gasteiger partial charge on any atom is 0.160 e. The molecule has 4 heterocycles. The normalized spacial score (nSPS) is 11.3. The monoisotopic (exact) mass is 1530 g/mol. The van der Waals surface area contributed by atoms with E-state index >= 15 is 0 Å². The van der Waals surface area contributed by atoms with Gasteiger partial charge in [0.05, 0.1) is 45.2 Å². The Morgan fingerprint density at radius 3 is 0.758 bits per heavy atom. The topological polar surface area (TPSA) is 77.3 Å². The minimum Gasteiger partial charge on any atom is -0.248 e. The molecular formula is C114H74N6. The summed E-state index contributed by atoms with van der Waals surface area (Å²) in [4.78, 5) is 31.1. The molecule has 18 aromatic carbocycles. The number of rotatable bonds is 14. The van der Waals surface area contributed by atoms with Crippen LogP contribution < -0.4 is 0 Å². The zero-order chi connectivity index (χ0) is 79.7. The fraction of sp³-hybridized carbons (Fsp3) is 0. The summed E-state index contributed by atoms with van der Waals surface area (Å²) in [5.74, 6) is 1.37. The van der Waals surface area contributed by atoms with Crippen LogP contribution in [0.3, 0.4) is 0 Å². The van der Waals surface area contributed by atoms with Gasteiger partial charge in [-0.15, -0.1) is 0 Å². The van der Waals surface area contributed by atoms with E-state index in [1.165, 1.54) is 70.9 Å². The van der Waals surface area contributed by atoms with Gasteiger partial charge in [0.25, 0.3) is 0 Å². The zero-order valence-corrected chi connectivity index (χ0v) is 65.4. The number of hydrogen-bond acceptors (Lipinski definition) is 6. The van der Waals surface area contributed by atoms with Crippen LogP contribution in [-0.2, 0) is 0 Å². The van der Waals surface area contributed by atoms with E-state index in [0.717, 1.165) is 139 Å². The van der Waals surface area contributed by atoms with Crippen LogP contribution in [0.1, 0.15) is 0 Å². The zero-order valence-electron chi connectivity index (χ0n) is 65.4. The maximum atomic E-state index is 5.19. The van der Waals surface area contributed by atoms with Gasteiger partial charge in [0.2, 0.25) is 0 Å². The molecule has 0 saturated heterocycles. The van der Waals surface area contributed by atoms with Gasteiger partial charge in [-0.2, -0.15) is 0 Å². The first-order valence-corrected chi connectivity index (χ1v) is 40.7. The first kappa shape index (κ1) is 71.7. The van der Waals surface area contributed by atoms with Gasteiger partial charge >= 0.3 is 0 Å². The standard InChI is InChI=1S/C59H39N3.C55H35N3/c1-4-13-40(14-5-1)42-23-29-47(30-24-42)56-39-57(48-31-25-43(26-32-48)41-15-6-2-7-16-41)62-59(61-56)49-33-27-44(28-34-49)50-20-12-21-51(37-50)53-38-55(46-18-8-3-9-19-46)60-54-36-35-45-17-10-11-22-52(45)58(53)54;1-2-14-40(15-3-1)51-34-49(54-48-20-9-8-13-39(48)29-30-50(54)56-51)45-19-10-18-44(31-45)38-21-25-41(26-22-38)55-57-52(46-27-23-36-11-4-6-16-42(36)32-46)35-53(58-55)47-28-24-37-12-5-7-17-43(37)33-47/h1-39H;1-35H. The molecule has 560 valence electrons. The molecular weight excluding hydrogens is 1450 g/mol. The number of aromatic nitrogens is 6. The van der Waals surface area contributed by atoms with Crippen LogP contribution in [0, 0.1) is 0 Å². The lowest BCUT2D eigenvalue weighted by atomic mass is 9.92. The molecule has 22 rings (SSSR count). The third-order valence-electron chi connectivity index (χ3n) is 23.0. The molecule has 0 fully saturated rings. The molecule has 22 aromatic rings. The first-order chi connectivity index (χ1) is 59.4. The Bertz CT molecular complexity index is 7390. The molecule has 0 radical (unpaired) electrons. The van der Waals surface area contributed by atoms with Crippen LogP contribution in [0.15, 0.2) is 449 Å². The Morgan fingerprint density at radius 2 is 0.375 bits per heavy atom. The van der Waals surface area contributed by atoms with Crippen molar-refractivity contribution in [2.45, 2.75) is 0 Å². The average Bonchev–Trinajstić information content (AvgIpc) is 0.755. The summed E-state index contributed by atoms with van der Waals surface area (Å²) in [6.07, 6.45) is 0. The van der Waals surface area contributed by atoms with Crippen molar-refractivity contribution in [3.05, 3.63) is 449 Å². The van der Waals surface area contributed by atoms with Crippen molar-refractivity contribution >= 4 is 64.9 Å². The van der Waals surface area contributed by atoms with Gasteiger partial charge in [-0.25, -0.2) is 29.9 Å². The van der Waals surface area contributed by atoms with Crippen LogP contribution in [0.2, 0.25) is 0 Å². The highest BCUT2D eigenvalue weighted by Crippen LogP contribution is 2.43. The summed E-state index contributed by atoms with van der Waals surface area (Å²) >= 11 is 0. The molecule has 120 heavy (non-hydrogen) atoms. The number of benzene rings is 18. The van der Waals surface area contributed by atoms with Gasteiger partial charge in [-0.05, 0) is 171 Å². The van der Waals surface area contributed by atoms with Crippen molar-refractivity contribution in [1.29, 1.82) is 0 Å². The summed E-state index contributed by atoms with van der Waals surface area (Å²) < 4.78 is 0. The minimum absolute atomic E-state index is 0.681. The third-order valence-corrected chi connectivity index (χ3v) is 23.0. The number of fused-ring (bicyclic) bond motifs is 8. The Labute approximate surface area is 696 Å². The van der Waals surface area contributed by atoms with Crippen molar-refractivity contribution in [2.24, 2.45) is 0 Å². The number of hydrogen-bond donors (Lipinski definition) is 0. The fourth-order valence-electron chi connectivity index (χ4n) is 16.7. The Kier molecular flexibility index (Phi) is 18.9. The van der Waals surface area contributed by atoms with Crippen LogP contribution in [-0.4, -0.2) is 29.9 Å². The maximum absolute atomic E-state index is 5.19. The van der Waals surface area contributed by atoms with Crippen molar-refractivity contribution in [2.75, 3.05) is 0 Å². The van der Waals surface area contributed by atoms with E-state index < -0.39 is 0 Å². The van der Waals surface area contributed by atoms with E-state index in [9.17, 15) is 0 Å². The lowest BCUT2D eigenvalue weighted by molar-refractivity contribution is 1.18. The minimum atomic E-state index is 0.681. The quantitative estimate of drug-likeness (QED) is 0.101. The fourth-order valence-corrected chi connectivity index (χ4v) is 16.7. The van der Waals surface area contributed by atoms with E-state index in [0.29, 0.717) is 11.6 Å². The summed E-state index contributed by atoms with van der Waals surface area (Å²) in [6, 6.07) is 159. The highest BCUT2D eigenvalue weighted by atomic mass is 14.9. The largest absolute Gasteiger partial charge is 0.248 e. The molecule has 0 N–H and O–H groups in total. The van der Waals surface area contributed by atoms with E-state index in [-0.39, 0.29) is 0 Å². The Hall–Kier alpha value is -16.0. The molecule has 0 aliphatic rings. The molecule has 0 spiro atoms. The van der Waals surface area contributed by atoms with Gasteiger partial charge in [-0.1, -0.05) is 388 Å². The predicted octanol–water partition coefficient (Wildman–Crippen LogP) is 30.0. The molecule has 0 aliphatic heterocycles. The van der Waals surface area contributed by atoms with Gasteiger partial charge in [0.15, 0.2) is 11.6 Å². The highest BCUT2D eigenvalue weighted by molar-refractivity contribution is 6.15. The SMILES string of the molecule is c1ccc(-c2cc(-c3cccc(-c4ccc(-c5nc(-c6ccc7ccccc7c6)cc(-c6ccc7ccccc7c6)n5)cc4)c3)c3c(ccc4ccccc43)n2)cc1.c1ccc(-c2ccc(-c3cc(-c4ccc(-c5ccccc5)cc4)nc(-c4ccc(-c5cccc(-c6cc(-c7ccccc7)nc7ccc8ccccc8c67)c5)cc4)n3)cc2)cc1. The summed E-state index contributed by atoms with van der Waals surface area (Å²) in [6.45, 7) is 0. The summed E-state index contributed by atoms with van der Waals surface area (Å²) in [5.41, 5.74) is 29.6. The van der Waals surface area contributed by atoms with Crippen LogP contribution in [0.25, 0.3) is 222 Å². The highest BCUT2D eigenvalue weighted by Gasteiger charge is 2.20. The van der Waals surface area contributed by atoms with E-state index in [1.54, 1.807) is 0 Å². The van der Waals surface area contributed by atoms with Crippen molar-refractivity contribution < 1.29 is 0 Å². The second-order valence-corrected chi connectivity index (χ2v) is 30.5. The van der Waals surface area contributed by atoms with Crippen molar-refractivity contribution in [3.63, 3.8) is 0 Å². The third kappa shape index (κ3) is 14.5. The second-order valence-electron chi connectivity index (χ2n) is 30.5. The van der Waals surface area contributed by atoms with Crippen LogP contribution in [0.5, 0.6) is 0 Å². The molecule has 6 heteroatoms. The van der Waals surface area contributed by atoms with Gasteiger partial charge < -0.3 is 0 Å². The number of pyridine rings is 2. The Balaban J connectivity index is 0.000000149. The lowest BCUT2D eigenvalue weighted by Crippen LogP contribution is -1.96. The van der Waals surface area contributed by atoms with E-state index in [2.05, 4.69) is 425 Å². The van der Waals surface area contributed by atoms with E-state index in [4.69, 9.17) is 29.9 Å². The van der Waals surface area contributed by atoms with Gasteiger partial charge in [-0.3, -0.25) is 0 Å². The molecule has 0 bridgehead atoms. The number of nitrogens with zero attached hydrogens (tertiary/aromatic N) is 6. The smallest absolute Gasteiger partial charge is 0.160 e. The van der Waals surface area contributed by atoms with Gasteiger partial charge in [0, 0.05) is 55.3 Å². The Morgan fingerprint density at radius 1 is 0.125 bits per heavy atom.